The number of ether oxygens (including phenoxy) is 1. The van der Waals surface area contributed by atoms with Crippen LogP contribution in [0.25, 0.3) is 0 Å². The highest BCUT2D eigenvalue weighted by Crippen LogP contribution is 2.21. The van der Waals surface area contributed by atoms with Gasteiger partial charge in [0, 0.05) is 23.1 Å². The van der Waals surface area contributed by atoms with Crippen LogP contribution in [-0.4, -0.2) is 43.1 Å². The van der Waals surface area contributed by atoms with Gasteiger partial charge in [-0.3, -0.25) is 9.69 Å². The van der Waals surface area contributed by atoms with E-state index in [2.05, 4.69) is 5.32 Å². The largest absolute Gasteiger partial charge is 0.453 e. The number of nitrogens with zero attached hydrogens (tertiary/aromatic N) is 1. The van der Waals surface area contributed by atoms with Crippen LogP contribution in [-0.2, 0) is 16.0 Å². The molecule has 1 aromatic rings. The minimum absolute atomic E-state index is 0.159. The van der Waals surface area contributed by atoms with Crippen molar-refractivity contribution in [3.8, 4) is 0 Å². The van der Waals surface area contributed by atoms with Crippen molar-refractivity contribution in [2.24, 2.45) is 0 Å². The first-order chi connectivity index (χ1) is 10.5. The molecule has 5 nitrogen and oxygen atoms in total. The predicted octanol–water partition coefficient (Wildman–Crippen LogP) is 2.88. The summed E-state index contributed by atoms with van der Waals surface area (Å²) in [6.45, 7) is 0.999. The van der Waals surface area contributed by atoms with Crippen molar-refractivity contribution in [1.29, 1.82) is 0 Å². The molecule has 1 unspecified atom stereocenters. The standard InChI is InChI=1S/C15H18Cl2N2O3/c1-22-15(21)19-8-2-3-13(19)14(20)18-7-6-10-4-5-11(16)9-12(10)17/h4-5,9,13H,2-3,6-8H2,1H3,(H,18,20). The number of carbonyl (C=O) groups is 2. The van der Waals surface area contributed by atoms with Crippen LogP contribution in [0.3, 0.4) is 0 Å². The maximum atomic E-state index is 12.2. The number of rotatable bonds is 4. The fraction of sp³-hybridized carbons (Fsp3) is 0.467. The lowest BCUT2D eigenvalue weighted by atomic mass is 10.1. The van der Waals surface area contributed by atoms with Crippen LogP contribution in [0.1, 0.15) is 18.4 Å². The molecule has 2 rings (SSSR count). The summed E-state index contributed by atoms with van der Waals surface area (Å²) in [7, 11) is 1.32. The van der Waals surface area contributed by atoms with Gasteiger partial charge in [0.05, 0.1) is 7.11 Å². The molecule has 1 aliphatic heterocycles. The lowest BCUT2D eigenvalue weighted by Gasteiger charge is -2.22. The molecule has 0 saturated carbocycles. The van der Waals surface area contributed by atoms with Gasteiger partial charge in [0.15, 0.2) is 0 Å². The molecule has 1 heterocycles. The zero-order chi connectivity index (χ0) is 16.1. The Bertz CT molecular complexity index is 566. The number of carbonyl (C=O) groups excluding carboxylic acids is 2. The third-order valence-corrected chi connectivity index (χ3v) is 4.26. The SMILES string of the molecule is COC(=O)N1CCCC1C(=O)NCCc1ccc(Cl)cc1Cl. The van der Waals surface area contributed by atoms with Crippen LogP contribution in [0.15, 0.2) is 18.2 Å². The van der Waals surface area contributed by atoms with Crippen LogP contribution < -0.4 is 5.32 Å². The lowest BCUT2D eigenvalue weighted by Crippen LogP contribution is -2.46. The van der Waals surface area contributed by atoms with Crippen molar-refractivity contribution in [2.75, 3.05) is 20.2 Å². The van der Waals surface area contributed by atoms with Crippen LogP contribution in [0, 0.1) is 0 Å². The second-order valence-corrected chi connectivity index (χ2v) is 5.94. The topological polar surface area (TPSA) is 58.6 Å². The Morgan fingerprint density at radius 1 is 1.41 bits per heavy atom. The molecule has 0 aliphatic carbocycles. The third kappa shape index (κ3) is 4.05. The molecule has 1 aliphatic rings. The molecule has 120 valence electrons. The number of nitrogens with one attached hydrogen (secondary N) is 1. The lowest BCUT2D eigenvalue weighted by molar-refractivity contribution is -0.125. The van der Waals surface area contributed by atoms with Crippen molar-refractivity contribution in [3.05, 3.63) is 33.8 Å². The summed E-state index contributed by atoms with van der Waals surface area (Å²) in [4.78, 5) is 25.2. The van der Waals surface area contributed by atoms with Gasteiger partial charge in [-0.25, -0.2) is 4.79 Å². The summed E-state index contributed by atoms with van der Waals surface area (Å²) in [6.07, 6.45) is 1.60. The first-order valence-electron chi connectivity index (χ1n) is 7.09. The van der Waals surface area contributed by atoms with E-state index < -0.39 is 12.1 Å². The van der Waals surface area contributed by atoms with Gasteiger partial charge in [-0.1, -0.05) is 29.3 Å². The van der Waals surface area contributed by atoms with Crippen molar-refractivity contribution in [3.63, 3.8) is 0 Å². The quantitative estimate of drug-likeness (QED) is 0.913. The fourth-order valence-electron chi connectivity index (χ4n) is 2.54. The summed E-state index contributed by atoms with van der Waals surface area (Å²) in [5, 5.41) is 4.01. The molecule has 1 aromatic carbocycles. The van der Waals surface area contributed by atoms with Gasteiger partial charge in [0.25, 0.3) is 0 Å². The fourth-order valence-corrected chi connectivity index (χ4v) is 3.04. The van der Waals surface area contributed by atoms with Crippen molar-refractivity contribution < 1.29 is 14.3 Å². The number of hydrogen-bond acceptors (Lipinski definition) is 3. The number of amides is 2. The molecule has 1 atom stereocenters. The highest BCUT2D eigenvalue weighted by molar-refractivity contribution is 6.35. The Labute approximate surface area is 139 Å². The molecule has 1 saturated heterocycles. The van der Waals surface area contributed by atoms with Gasteiger partial charge in [0.1, 0.15) is 6.04 Å². The van der Waals surface area contributed by atoms with E-state index >= 15 is 0 Å². The molecule has 0 radical (unpaired) electrons. The maximum absolute atomic E-state index is 12.2. The van der Waals surface area contributed by atoms with Crippen molar-refractivity contribution in [2.45, 2.75) is 25.3 Å². The average molecular weight is 345 g/mol. The first kappa shape index (κ1) is 16.9. The van der Waals surface area contributed by atoms with Crippen LogP contribution in [0.2, 0.25) is 10.0 Å². The van der Waals surface area contributed by atoms with E-state index in [-0.39, 0.29) is 5.91 Å². The average Bonchev–Trinajstić information content (AvgIpc) is 2.98. The minimum Gasteiger partial charge on any atom is -0.453 e. The molecule has 0 spiro atoms. The number of likely N-dealkylation sites (tertiary alicyclic amines) is 1. The molecular formula is C15H18Cl2N2O3. The van der Waals surface area contributed by atoms with E-state index in [1.165, 1.54) is 12.0 Å². The smallest absolute Gasteiger partial charge is 0.410 e. The monoisotopic (exact) mass is 344 g/mol. The molecule has 1 fully saturated rings. The molecule has 22 heavy (non-hydrogen) atoms. The number of methoxy groups -OCH3 is 1. The zero-order valence-corrected chi connectivity index (χ0v) is 13.8. The highest BCUT2D eigenvalue weighted by Gasteiger charge is 2.34. The van der Waals surface area contributed by atoms with E-state index in [1.807, 2.05) is 6.07 Å². The number of benzene rings is 1. The highest BCUT2D eigenvalue weighted by atomic mass is 35.5. The second-order valence-electron chi connectivity index (χ2n) is 5.10. The van der Waals surface area contributed by atoms with Gasteiger partial charge in [-0.05, 0) is 37.0 Å². The normalized spacial score (nSPS) is 17.4. The van der Waals surface area contributed by atoms with Crippen LogP contribution >= 0.6 is 23.2 Å². The summed E-state index contributed by atoms with van der Waals surface area (Å²) in [5.41, 5.74) is 0.919. The van der Waals surface area contributed by atoms with Gasteiger partial charge in [-0.2, -0.15) is 0 Å². The van der Waals surface area contributed by atoms with Gasteiger partial charge in [0.2, 0.25) is 5.91 Å². The predicted molar refractivity (Wildman–Crippen MR) is 85.3 cm³/mol. The maximum Gasteiger partial charge on any atom is 0.410 e. The second kappa shape index (κ2) is 7.70. The Hall–Kier alpha value is -1.46. The molecule has 7 heteroatoms. The van der Waals surface area contributed by atoms with Gasteiger partial charge in [-0.15, -0.1) is 0 Å². The van der Waals surface area contributed by atoms with E-state index in [0.717, 1.165) is 12.0 Å². The van der Waals surface area contributed by atoms with Gasteiger partial charge < -0.3 is 10.1 Å². The van der Waals surface area contributed by atoms with Crippen LogP contribution in [0.5, 0.6) is 0 Å². The minimum atomic E-state index is -0.460. The van der Waals surface area contributed by atoms with E-state index in [1.54, 1.807) is 12.1 Å². The van der Waals surface area contributed by atoms with E-state index in [4.69, 9.17) is 27.9 Å². The molecule has 0 bridgehead atoms. The molecule has 0 aromatic heterocycles. The van der Waals surface area contributed by atoms with E-state index in [9.17, 15) is 9.59 Å². The summed E-state index contributed by atoms with van der Waals surface area (Å²) in [5.74, 6) is -0.159. The summed E-state index contributed by atoms with van der Waals surface area (Å²) in [6, 6.07) is 4.83. The third-order valence-electron chi connectivity index (χ3n) is 3.67. The molecule has 2 amide bonds. The Balaban J connectivity index is 1.86. The number of hydrogen-bond donors (Lipinski definition) is 1. The van der Waals surface area contributed by atoms with E-state index in [0.29, 0.717) is 36.0 Å². The Morgan fingerprint density at radius 2 is 2.18 bits per heavy atom. The first-order valence-corrected chi connectivity index (χ1v) is 7.84. The summed E-state index contributed by atoms with van der Waals surface area (Å²) >= 11 is 11.9. The Kier molecular flexibility index (Phi) is 5.91. The molecular weight excluding hydrogens is 327 g/mol. The number of halogens is 2. The summed E-state index contributed by atoms with van der Waals surface area (Å²) < 4.78 is 4.69. The Morgan fingerprint density at radius 3 is 2.86 bits per heavy atom. The molecule has 1 N–H and O–H groups in total. The van der Waals surface area contributed by atoms with Crippen molar-refractivity contribution >= 4 is 35.2 Å². The van der Waals surface area contributed by atoms with Crippen molar-refractivity contribution in [1.82, 2.24) is 10.2 Å². The van der Waals surface area contributed by atoms with Gasteiger partial charge >= 0.3 is 6.09 Å². The van der Waals surface area contributed by atoms with Crippen LogP contribution in [0.4, 0.5) is 4.79 Å². The zero-order valence-electron chi connectivity index (χ0n) is 12.3.